The summed E-state index contributed by atoms with van der Waals surface area (Å²) >= 11 is 5.93. The van der Waals surface area contributed by atoms with Crippen LogP contribution < -0.4 is 0 Å². The van der Waals surface area contributed by atoms with E-state index in [2.05, 4.69) is 0 Å². The summed E-state index contributed by atoms with van der Waals surface area (Å²) in [7, 11) is 0. The minimum atomic E-state index is -1.01. The van der Waals surface area contributed by atoms with E-state index in [9.17, 15) is 9.59 Å². The van der Waals surface area contributed by atoms with Crippen LogP contribution in [0.25, 0.3) is 0 Å². The van der Waals surface area contributed by atoms with E-state index in [4.69, 9.17) is 21.1 Å². The summed E-state index contributed by atoms with van der Waals surface area (Å²) in [5, 5.41) is 9.70. The van der Waals surface area contributed by atoms with Crippen LogP contribution in [0.15, 0.2) is 34.9 Å². The van der Waals surface area contributed by atoms with E-state index in [1.54, 1.807) is 11.8 Å². The highest BCUT2D eigenvalue weighted by Crippen LogP contribution is 2.30. The SMILES string of the molecule is Cc1coc(CC(=O)O)c1C(=O)N1CCC(c2ccc(Cl)cc2)CC1. The molecular formula is C19H20ClNO4. The fraction of sp³-hybridized carbons (Fsp3) is 0.368. The van der Waals surface area contributed by atoms with Gasteiger partial charge in [-0.1, -0.05) is 23.7 Å². The van der Waals surface area contributed by atoms with Crippen LogP contribution in [0, 0.1) is 6.92 Å². The van der Waals surface area contributed by atoms with Gasteiger partial charge in [-0.3, -0.25) is 9.59 Å². The molecule has 25 heavy (non-hydrogen) atoms. The Bertz CT molecular complexity index is 773. The number of carbonyl (C=O) groups is 2. The number of piperidine rings is 1. The summed E-state index contributed by atoms with van der Waals surface area (Å²) < 4.78 is 5.28. The molecule has 1 fully saturated rings. The second kappa shape index (κ2) is 7.31. The number of carboxylic acids is 1. The zero-order chi connectivity index (χ0) is 18.0. The molecule has 0 saturated carbocycles. The first-order valence-corrected chi connectivity index (χ1v) is 8.67. The maximum absolute atomic E-state index is 12.8. The Balaban J connectivity index is 1.69. The van der Waals surface area contributed by atoms with E-state index in [0.717, 1.165) is 17.9 Å². The first-order valence-electron chi connectivity index (χ1n) is 8.29. The summed E-state index contributed by atoms with van der Waals surface area (Å²) in [6.07, 6.45) is 2.92. The lowest BCUT2D eigenvalue weighted by molar-refractivity contribution is -0.136. The fourth-order valence-corrected chi connectivity index (χ4v) is 3.49. The van der Waals surface area contributed by atoms with Gasteiger partial charge < -0.3 is 14.4 Å². The maximum Gasteiger partial charge on any atom is 0.311 e. The normalized spacial score (nSPS) is 15.4. The van der Waals surface area contributed by atoms with Crippen LogP contribution in [0.2, 0.25) is 5.02 Å². The molecule has 1 aliphatic rings. The number of carboxylic acid groups (broad SMARTS) is 1. The third kappa shape index (κ3) is 3.87. The average Bonchev–Trinajstić information content (AvgIpc) is 2.95. The molecule has 1 N–H and O–H groups in total. The molecular weight excluding hydrogens is 342 g/mol. The minimum absolute atomic E-state index is 0.142. The molecule has 0 unspecified atom stereocenters. The fourth-order valence-electron chi connectivity index (χ4n) is 3.36. The zero-order valence-corrected chi connectivity index (χ0v) is 14.8. The molecule has 132 valence electrons. The molecule has 0 aliphatic carbocycles. The van der Waals surface area contributed by atoms with Crippen LogP contribution in [-0.2, 0) is 11.2 Å². The standard InChI is InChI=1S/C19H20ClNO4/c1-12-11-25-16(10-17(22)23)18(12)19(24)21-8-6-14(7-9-21)13-2-4-15(20)5-3-13/h2-5,11,14H,6-10H2,1H3,(H,22,23). The molecule has 5 nitrogen and oxygen atoms in total. The first-order chi connectivity index (χ1) is 12.0. The predicted molar refractivity (Wildman–Crippen MR) is 94.1 cm³/mol. The van der Waals surface area contributed by atoms with Crippen LogP contribution in [0.4, 0.5) is 0 Å². The number of aryl methyl sites for hydroxylation is 1. The highest BCUT2D eigenvalue weighted by atomic mass is 35.5. The number of hydrogen-bond acceptors (Lipinski definition) is 3. The van der Waals surface area contributed by atoms with Gasteiger partial charge in [-0.05, 0) is 43.4 Å². The Morgan fingerprint density at radius 1 is 1.24 bits per heavy atom. The molecule has 3 rings (SSSR count). The highest BCUT2D eigenvalue weighted by Gasteiger charge is 2.28. The Kier molecular flexibility index (Phi) is 5.13. The van der Waals surface area contributed by atoms with Gasteiger partial charge in [-0.2, -0.15) is 0 Å². The maximum atomic E-state index is 12.8. The molecule has 0 radical (unpaired) electrons. The van der Waals surface area contributed by atoms with Crippen LogP contribution in [0.3, 0.4) is 0 Å². The molecule has 1 aromatic heterocycles. The molecule has 6 heteroatoms. The van der Waals surface area contributed by atoms with Gasteiger partial charge in [-0.15, -0.1) is 0 Å². The van der Waals surface area contributed by atoms with Gasteiger partial charge in [0.2, 0.25) is 0 Å². The molecule has 1 aliphatic heterocycles. The van der Waals surface area contributed by atoms with Crippen LogP contribution in [-0.4, -0.2) is 35.0 Å². The summed E-state index contributed by atoms with van der Waals surface area (Å²) in [6.45, 7) is 3.05. The molecule has 0 bridgehead atoms. The van der Waals surface area contributed by atoms with Gasteiger partial charge in [0.1, 0.15) is 12.2 Å². The van der Waals surface area contributed by atoms with Gasteiger partial charge in [0.25, 0.3) is 5.91 Å². The van der Waals surface area contributed by atoms with Crippen LogP contribution in [0.5, 0.6) is 0 Å². The number of benzene rings is 1. The van der Waals surface area contributed by atoms with Crippen molar-refractivity contribution in [1.29, 1.82) is 0 Å². The number of halogens is 1. The summed E-state index contributed by atoms with van der Waals surface area (Å²) in [5.41, 5.74) is 2.32. The Morgan fingerprint density at radius 2 is 1.88 bits per heavy atom. The van der Waals surface area contributed by atoms with E-state index < -0.39 is 5.97 Å². The van der Waals surface area contributed by atoms with E-state index in [1.165, 1.54) is 11.8 Å². The lowest BCUT2D eigenvalue weighted by Crippen LogP contribution is -2.38. The summed E-state index contributed by atoms with van der Waals surface area (Å²) in [5.74, 6) is -0.512. The van der Waals surface area contributed by atoms with Gasteiger partial charge in [0.15, 0.2) is 0 Å². The number of rotatable bonds is 4. The van der Waals surface area contributed by atoms with Crippen molar-refractivity contribution in [2.24, 2.45) is 0 Å². The second-order valence-corrected chi connectivity index (χ2v) is 6.84. The van der Waals surface area contributed by atoms with Gasteiger partial charge in [-0.25, -0.2) is 0 Å². The number of nitrogens with zero attached hydrogens (tertiary/aromatic N) is 1. The molecule has 2 heterocycles. The van der Waals surface area contributed by atoms with Crippen molar-refractivity contribution in [2.75, 3.05) is 13.1 Å². The Morgan fingerprint density at radius 3 is 2.48 bits per heavy atom. The van der Waals surface area contributed by atoms with Gasteiger partial charge in [0, 0.05) is 23.7 Å². The van der Waals surface area contributed by atoms with Crippen molar-refractivity contribution >= 4 is 23.5 Å². The number of amides is 1. The number of likely N-dealkylation sites (tertiary alicyclic amines) is 1. The largest absolute Gasteiger partial charge is 0.481 e. The number of furan rings is 1. The van der Waals surface area contributed by atoms with Gasteiger partial charge in [0.05, 0.1) is 11.8 Å². The van der Waals surface area contributed by atoms with Crippen LogP contribution in [0.1, 0.15) is 46.0 Å². The third-order valence-corrected chi connectivity index (χ3v) is 4.95. The highest BCUT2D eigenvalue weighted by molar-refractivity contribution is 6.30. The number of aliphatic carboxylic acids is 1. The molecule has 1 saturated heterocycles. The average molecular weight is 362 g/mol. The van der Waals surface area contributed by atoms with Crippen molar-refractivity contribution in [1.82, 2.24) is 4.90 Å². The van der Waals surface area contributed by atoms with Crippen molar-refractivity contribution in [2.45, 2.75) is 32.1 Å². The van der Waals surface area contributed by atoms with Crippen molar-refractivity contribution in [3.63, 3.8) is 0 Å². The lowest BCUT2D eigenvalue weighted by atomic mass is 9.89. The predicted octanol–water partition coefficient (Wildman–Crippen LogP) is 3.89. The van der Waals surface area contributed by atoms with Gasteiger partial charge >= 0.3 is 5.97 Å². The van der Waals surface area contributed by atoms with Crippen LogP contribution >= 0.6 is 11.6 Å². The minimum Gasteiger partial charge on any atom is -0.481 e. The second-order valence-electron chi connectivity index (χ2n) is 6.41. The quantitative estimate of drug-likeness (QED) is 0.896. The topological polar surface area (TPSA) is 70.7 Å². The molecule has 0 atom stereocenters. The zero-order valence-electron chi connectivity index (χ0n) is 14.0. The monoisotopic (exact) mass is 361 g/mol. The lowest BCUT2D eigenvalue weighted by Gasteiger charge is -2.32. The molecule has 2 aromatic rings. The molecule has 0 spiro atoms. The Labute approximate surface area is 151 Å². The Hall–Kier alpha value is -2.27. The number of carbonyl (C=O) groups excluding carboxylic acids is 1. The smallest absolute Gasteiger partial charge is 0.311 e. The van der Waals surface area contributed by atoms with E-state index in [1.807, 2.05) is 24.3 Å². The van der Waals surface area contributed by atoms with Crippen molar-refractivity contribution < 1.29 is 19.1 Å². The summed E-state index contributed by atoms with van der Waals surface area (Å²) in [6, 6.07) is 7.86. The molecule has 1 aromatic carbocycles. The molecule has 1 amide bonds. The van der Waals surface area contributed by atoms with E-state index >= 15 is 0 Å². The first kappa shape index (κ1) is 17.5. The van der Waals surface area contributed by atoms with Crippen molar-refractivity contribution in [3.05, 3.63) is 58.0 Å². The van der Waals surface area contributed by atoms with Crippen molar-refractivity contribution in [3.8, 4) is 0 Å². The number of hydrogen-bond donors (Lipinski definition) is 1. The third-order valence-electron chi connectivity index (χ3n) is 4.70. The van der Waals surface area contributed by atoms with E-state index in [-0.39, 0.29) is 18.1 Å². The summed E-state index contributed by atoms with van der Waals surface area (Å²) in [4.78, 5) is 25.6. The van der Waals surface area contributed by atoms with E-state index in [0.29, 0.717) is 30.1 Å².